The number of anilines is 3. The molecule has 0 amide bonds. The van der Waals surface area contributed by atoms with Crippen LogP contribution in [0.25, 0.3) is 0 Å². The first kappa shape index (κ1) is 10.1. The highest BCUT2D eigenvalue weighted by atomic mass is 15.2. The summed E-state index contributed by atoms with van der Waals surface area (Å²) in [6.07, 6.45) is 4.36. The van der Waals surface area contributed by atoms with E-state index in [9.17, 15) is 0 Å². The molecule has 2 aromatic rings. The third-order valence-corrected chi connectivity index (χ3v) is 3.09. The van der Waals surface area contributed by atoms with Crippen molar-refractivity contribution in [1.82, 2.24) is 9.97 Å². The van der Waals surface area contributed by atoms with E-state index in [2.05, 4.69) is 40.0 Å². The Bertz CT molecular complexity index is 553. The maximum absolute atomic E-state index is 5.69. The van der Waals surface area contributed by atoms with Crippen LogP contribution in [0.2, 0.25) is 0 Å². The van der Waals surface area contributed by atoms with E-state index < -0.39 is 0 Å². The molecule has 2 N–H and O–H groups in total. The zero-order valence-electron chi connectivity index (χ0n) is 9.67. The fraction of sp³-hybridized carbons (Fsp3) is 0.231. The maximum Gasteiger partial charge on any atom is 0.154 e. The number of para-hydroxylation sites is 1. The summed E-state index contributed by atoms with van der Waals surface area (Å²) in [5, 5.41) is 0. The molecule has 4 heteroatoms. The van der Waals surface area contributed by atoms with Crippen molar-refractivity contribution in [2.45, 2.75) is 19.4 Å². The number of nitrogen functional groups attached to an aromatic ring is 1. The number of nitrogens with two attached hydrogens (primary N) is 1. The van der Waals surface area contributed by atoms with Crippen LogP contribution in [-0.4, -0.2) is 16.0 Å². The van der Waals surface area contributed by atoms with Crippen molar-refractivity contribution in [2.75, 3.05) is 10.6 Å². The van der Waals surface area contributed by atoms with E-state index in [0.717, 1.165) is 12.2 Å². The average molecular weight is 226 g/mol. The largest absolute Gasteiger partial charge is 0.382 e. The third kappa shape index (κ3) is 1.62. The molecule has 3 rings (SSSR count). The van der Waals surface area contributed by atoms with Crippen LogP contribution in [0.1, 0.15) is 12.5 Å². The first-order valence-corrected chi connectivity index (χ1v) is 5.70. The fourth-order valence-electron chi connectivity index (χ4n) is 2.40. The van der Waals surface area contributed by atoms with Gasteiger partial charge in [0.2, 0.25) is 0 Å². The second-order valence-corrected chi connectivity index (χ2v) is 4.35. The molecule has 0 saturated carbocycles. The molecule has 0 bridgehead atoms. The van der Waals surface area contributed by atoms with E-state index in [-0.39, 0.29) is 0 Å². The van der Waals surface area contributed by atoms with Gasteiger partial charge in [0, 0.05) is 11.7 Å². The van der Waals surface area contributed by atoms with Crippen molar-refractivity contribution in [3.05, 3.63) is 42.2 Å². The predicted octanol–water partition coefficient (Wildman–Crippen LogP) is 2.14. The SMILES string of the molecule is CC1Cc2ccccc2N1c1cncc(N)n1. The van der Waals surface area contributed by atoms with E-state index in [4.69, 9.17) is 5.73 Å². The lowest BCUT2D eigenvalue weighted by Crippen LogP contribution is -2.25. The second-order valence-electron chi connectivity index (χ2n) is 4.35. The Morgan fingerprint density at radius 2 is 2.12 bits per heavy atom. The molecule has 4 nitrogen and oxygen atoms in total. The van der Waals surface area contributed by atoms with Gasteiger partial charge in [-0.2, -0.15) is 0 Å². The Labute approximate surface area is 100 Å². The maximum atomic E-state index is 5.69. The van der Waals surface area contributed by atoms with Crippen LogP contribution in [0.4, 0.5) is 17.3 Å². The van der Waals surface area contributed by atoms with Crippen molar-refractivity contribution >= 4 is 17.3 Å². The molecule has 0 spiro atoms. The van der Waals surface area contributed by atoms with Crippen LogP contribution in [0, 0.1) is 0 Å². The van der Waals surface area contributed by atoms with Gasteiger partial charge in [-0.3, -0.25) is 4.98 Å². The number of aromatic nitrogens is 2. The molecular weight excluding hydrogens is 212 g/mol. The van der Waals surface area contributed by atoms with E-state index in [1.54, 1.807) is 12.4 Å². The molecule has 1 aliphatic heterocycles. The first-order valence-electron chi connectivity index (χ1n) is 5.70. The average Bonchev–Trinajstić information content (AvgIpc) is 2.64. The number of benzene rings is 1. The highest BCUT2D eigenvalue weighted by Gasteiger charge is 2.27. The van der Waals surface area contributed by atoms with Crippen molar-refractivity contribution in [3.8, 4) is 0 Å². The summed E-state index contributed by atoms with van der Waals surface area (Å²) in [6, 6.07) is 8.78. The molecule has 1 aromatic carbocycles. The molecule has 1 aromatic heterocycles. The highest BCUT2D eigenvalue weighted by Crippen LogP contribution is 2.36. The number of rotatable bonds is 1. The lowest BCUT2D eigenvalue weighted by molar-refractivity contribution is 0.749. The van der Waals surface area contributed by atoms with Crippen LogP contribution < -0.4 is 10.6 Å². The quantitative estimate of drug-likeness (QED) is 0.809. The predicted molar refractivity (Wildman–Crippen MR) is 68.2 cm³/mol. The van der Waals surface area contributed by atoms with Gasteiger partial charge in [0.05, 0.1) is 12.4 Å². The minimum Gasteiger partial charge on any atom is -0.382 e. The third-order valence-electron chi connectivity index (χ3n) is 3.09. The molecule has 0 aliphatic carbocycles. The Hall–Kier alpha value is -2.10. The van der Waals surface area contributed by atoms with E-state index >= 15 is 0 Å². The molecule has 0 radical (unpaired) electrons. The summed E-state index contributed by atoms with van der Waals surface area (Å²) in [5.41, 5.74) is 8.25. The van der Waals surface area contributed by atoms with Gasteiger partial charge in [0.15, 0.2) is 5.82 Å². The summed E-state index contributed by atoms with van der Waals surface area (Å²) < 4.78 is 0. The van der Waals surface area contributed by atoms with Crippen molar-refractivity contribution < 1.29 is 0 Å². The topological polar surface area (TPSA) is 55.0 Å². The smallest absolute Gasteiger partial charge is 0.154 e. The standard InChI is InChI=1S/C13H14N4/c1-9-6-10-4-2-3-5-11(10)17(9)13-8-15-7-12(14)16-13/h2-5,7-9H,6H2,1H3,(H2,14,16). The van der Waals surface area contributed by atoms with Crippen LogP contribution in [0.5, 0.6) is 0 Å². The summed E-state index contributed by atoms with van der Waals surface area (Å²) in [4.78, 5) is 10.6. The number of fused-ring (bicyclic) bond motifs is 1. The minimum atomic E-state index is 0.392. The first-order chi connectivity index (χ1) is 8.25. The van der Waals surface area contributed by atoms with Gasteiger partial charge < -0.3 is 10.6 Å². The lowest BCUT2D eigenvalue weighted by Gasteiger charge is -2.23. The zero-order valence-corrected chi connectivity index (χ0v) is 9.67. The summed E-state index contributed by atoms with van der Waals surface area (Å²) in [6.45, 7) is 2.19. The molecule has 0 fully saturated rings. The van der Waals surface area contributed by atoms with Crippen molar-refractivity contribution in [1.29, 1.82) is 0 Å². The summed E-state index contributed by atoms with van der Waals surface area (Å²) >= 11 is 0. The summed E-state index contributed by atoms with van der Waals surface area (Å²) in [7, 11) is 0. The molecule has 1 unspecified atom stereocenters. The van der Waals surface area contributed by atoms with E-state index in [0.29, 0.717) is 11.9 Å². The number of nitrogens with zero attached hydrogens (tertiary/aromatic N) is 3. The normalized spacial score (nSPS) is 18.2. The van der Waals surface area contributed by atoms with Crippen molar-refractivity contribution in [2.24, 2.45) is 0 Å². The van der Waals surface area contributed by atoms with Crippen LogP contribution in [0.3, 0.4) is 0 Å². The Morgan fingerprint density at radius 1 is 1.29 bits per heavy atom. The lowest BCUT2D eigenvalue weighted by atomic mass is 10.1. The minimum absolute atomic E-state index is 0.392. The number of hydrogen-bond acceptors (Lipinski definition) is 4. The van der Waals surface area contributed by atoms with Gasteiger partial charge in [-0.05, 0) is 25.0 Å². The second kappa shape index (κ2) is 3.73. The zero-order chi connectivity index (χ0) is 11.8. The van der Waals surface area contributed by atoms with Gasteiger partial charge in [-0.1, -0.05) is 18.2 Å². The fourth-order valence-corrected chi connectivity index (χ4v) is 2.40. The highest BCUT2D eigenvalue weighted by molar-refractivity contribution is 5.68. The molecule has 2 heterocycles. The molecule has 86 valence electrons. The van der Waals surface area contributed by atoms with Gasteiger partial charge >= 0.3 is 0 Å². The van der Waals surface area contributed by atoms with Crippen LogP contribution in [0.15, 0.2) is 36.7 Å². The Kier molecular flexibility index (Phi) is 2.21. The van der Waals surface area contributed by atoms with Crippen LogP contribution in [-0.2, 0) is 6.42 Å². The van der Waals surface area contributed by atoms with Gasteiger partial charge in [0.1, 0.15) is 5.82 Å². The van der Waals surface area contributed by atoms with E-state index in [1.165, 1.54) is 11.3 Å². The molecule has 1 atom stereocenters. The monoisotopic (exact) mass is 226 g/mol. The number of hydrogen-bond donors (Lipinski definition) is 1. The molecule has 1 aliphatic rings. The van der Waals surface area contributed by atoms with Crippen LogP contribution >= 0.6 is 0 Å². The Balaban J connectivity index is 2.09. The molecular formula is C13H14N4. The van der Waals surface area contributed by atoms with Gasteiger partial charge in [-0.25, -0.2) is 4.98 Å². The molecule has 0 saturated heterocycles. The van der Waals surface area contributed by atoms with Gasteiger partial charge in [0.25, 0.3) is 0 Å². The Morgan fingerprint density at radius 3 is 2.94 bits per heavy atom. The van der Waals surface area contributed by atoms with Crippen molar-refractivity contribution in [3.63, 3.8) is 0 Å². The van der Waals surface area contributed by atoms with Gasteiger partial charge in [-0.15, -0.1) is 0 Å². The van der Waals surface area contributed by atoms with E-state index in [1.807, 2.05) is 6.07 Å². The molecule has 17 heavy (non-hydrogen) atoms. The summed E-state index contributed by atoms with van der Waals surface area (Å²) in [5.74, 6) is 1.28.